The maximum Gasteiger partial charge on any atom is 0.244 e. The molecule has 0 bridgehead atoms. The summed E-state index contributed by atoms with van der Waals surface area (Å²) in [5.74, 6) is -1.20. The van der Waals surface area contributed by atoms with Crippen molar-refractivity contribution < 1.29 is 18.8 Å². The Morgan fingerprint density at radius 1 is 1.30 bits per heavy atom. The van der Waals surface area contributed by atoms with E-state index in [0.717, 1.165) is 6.42 Å². The van der Waals surface area contributed by atoms with Crippen LogP contribution in [0.3, 0.4) is 0 Å². The van der Waals surface area contributed by atoms with Crippen molar-refractivity contribution in [3.8, 4) is 0 Å². The number of hydrogen-bond donors (Lipinski definition) is 3. The first-order valence-electron chi connectivity index (χ1n) is 7.51. The van der Waals surface area contributed by atoms with Crippen molar-refractivity contribution >= 4 is 23.8 Å². The quantitative estimate of drug-likeness (QED) is 0.557. The lowest BCUT2D eigenvalue weighted by molar-refractivity contribution is -0.131. The molecule has 0 aliphatic carbocycles. The second kappa shape index (κ2) is 8.77. The topological polar surface area (TPSA) is 128 Å². The number of carbonyl (C=O) groups is 3. The van der Waals surface area contributed by atoms with E-state index in [0.29, 0.717) is 18.6 Å². The van der Waals surface area contributed by atoms with Crippen LogP contribution in [0.5, 0.6) is 0 Å². The molecular formula is C16H23N3O4. The number of rotatable bonds is 10. The lowest BCUT2D eigenvalue weighted by atomic mass is 9.86. The minimum Gasteiger partial charge on any atom is -0.465 e. The molecule has 7 nitrogen and oxygen atoms in total. The molecule has 1 rings (SSSR count). The Bertz CT molecular complexity index is 566. The number of hydrogen-bond acceptors (Lipinski definition) is 4. The zero-order valence-electron chi connectivity index (χ0n) is 13.2. The first-order chi connectivity index (χ1) is 10.9. The standard InChI is InChI=1S/C16H23N3O4/c1-2-3-9-16(15(18)22,10-8-13(17)20)19-14(21)7-6-12-5-4-11-23-12/h4-7,11H,2-3,8-10H2,1H3,(H2,17,20)(H2,18,22)(H,19,21). The van der Waals surface area contributed by atoms with Gasteiger partial charge in [0, 0.05) is 12.5 Å². The molecule has 0 saturated heterocycles. The van der Waals surface area contributed by atoms with Crippen LogP contribution in [0.2, 0.25) is 0 Å². The predicted molar refractivity (Wildman–Crippen MR) is 85.8 cm³/mol. The zero-order chi connectivity index (χ0) is 17.3. The summed E-state index contributed by atoms with van der Waals surface area (Å²) in [4.78, 5) is 35.1. The highest BCUT2D eigenvalue weighted by molar-refractivity contribution is 5.97. The van der Waals surface area contributed by atoms with Crippen LogP contribution in [0, 0.1) is 0 Å². The second-order valence-corrected chi connectivity index (χ2v) is 5.35. The number of nitrogens with two attached hydrogens (primary N) is 2. The minimum atomic E-state index is -1.28. The molecule has 1 aromatic heterocycles. The SMILES string of the molecule is CCCCC(CCC(N)=O)(NC(=O)C=Cc1ccco1)C(N)=O. The Labute approximate surface area is 135 Å². The largest absolute Gasteiger partial charge is 0.465 e. The summed E-state index contributed by atoms with van der Waals surface area (Å²) in [6, 6.07) is 3.38. The van der Waals surface area contributed by atoms with Crippen LogP contribution in [-0.4, -0.2) is 23.3 Å². The third-order valence-electron chi connectivity index (χ3n) is 3.53. The Kier molecular flexibility index (Phi) is 7.05. The number of primary amides is 2. The average Bonchev–Trinajstić information content (AvgIpc) is 3.01. The smallest absolute Gasteiger partial charge is 0.244 e. The zero-order valence-corrected chi connectivity index (χ0v) is 13.2. The van der Waals surface area contributed by atoms with Gasteiger partial charge in [-0.25, -0.2) is 0 Å². The summed E-state index contributed by atoms with van der Waals surface area (Å²) in [5.41, 5.74) is 9.36. The number of carbonyl (C=O) groups excluding carboxylic acids is 3. The summed E-state index contributed by atoms with van der Waals surface area (Å²) in [6.07, 6.45) is 6.13. The van der Waals surface area contributed by atoms with E-state index >= 15 is 0 Å². The molecule has 23 heavy (non-hydrogen) atoms. The molecule has 0 fully saturated rings. The van der Waals surface area contributed by atoms with E-state index in [9.17, 15) is 14.4 Å². The lowest BCUT2D eigenvalue weighted by Crippen LogP contribution is -2.57. The second-order valence-electron chi connectivity index (χ2n) is 5.35. The molecule has 1 heterocycles. The van der Waals surface area contributed by atoms with Gasteiger partial charge in [0.1, 0.15) is 11.3 Å². The fraction of sp³-hybridized carbons (Fsp3) is 0.438. The molecule has 3 amide bonds. The Balaban J connectivity index is 2.85. The summed E-state index contributed by atoms with van der Waals surface area (Å²) in [7, 11) is 0. The number of furan rings is 1. The monoisotopic (exact) mass is 321 g/mol. The van der Waals surface area contributed by atoms with Gasteiger partial charge in [0.15, 0.2) is 0 Å². The van der Waals surface area contributed by atoms with Gasteiger partial charge in [-0.2, -0.15) is 0 Å². The van der Waals surface area contributed by atoms with E-state index in [-0.39, 0.29) is 12.8 Å². The fourth-order valence-corrected chi connectivity index (χ4v) is 2.19. The van der Waals surface area contributed by atoms with Crippen LogP contribution in [0.15, 0.2) is 28.9 Å². The van der Waals surface area contributed by atoms with E-state index in [4.69, 9.17) is 15.9 Å². The number of nitrogens with one attached hydrogen (secondary N) is 1. The van der Waals surface area contributed by atoms with Gasteiger partial charge in [0.25, 0.3) is 0 Å². The average molecular weight is 321 g/mol. The highest BCUT2D eigenvalue weighted by atomic mass is 16.3. The summed E-state index contributed by atoms with van der Waals surface area (Å²) in [6.45, 7) is 1.96. The maximum atomic E-state index is 12.1. The first kappa shape index (κ1) is 18.5. The highest BCUT2D eigenvalue weighted by Gasteiger charge is 2.37. The van der Waals surface area contributed by atoms with Crippen molar-refractivity contribution in [2.75, 3.05) is 0 Å². The molecule has 1 unspecified atom stereocenters. The van der Waals surface area contributed by atoms with Gasteiger partial charge >= 0.3 is 0 Å². The molecule has 0 saturated carbocycles. The summed E-state index contributed by atoms with van der Waals surface area (Å²) >= 11 is 0. The van der Waals surface area contributed by atoms with Gasteiger partial charge in [-0.1, -0.05) is 19.8 Å². The number of amides is 3. The summed E-state index contributed by atoms with van der Waals surface area (Å²) in [5, 5.41) is 2.63. The Hall–Kier alpha value is -2.57. The number of unbranched alkanes of at least 4 members (excludes halogenated alkanes) is 1. The molecule has 7 heteroatoms. The first-order valence-corrected chi connectivity index (χ1v) is 7.51. The van der Waals surface area contributed by atoms with Crippen molar-refractivity contribution in [3.63, 3.8) is 0 Å². The van der Waals surface area contributed by atoms with Crippen LogP contribution in [0.1, 0.15) is 44.8 Å². The van der Waals surface area contributed by atoms with E-state index in [1.165, 1.54) is 18.4 Å². The van der Waals surface area contributed by atoms with Gasteiger partial charge in [0.2, 0.25) is 17.7 Å². The lowest BCUT2D eigenvalue weighted by Gasteiger charge is -2.31. The van der Waals surface area contributed by atoms with E-state index in [1.54, 1.807) is 12.1 Å². The maximum absolute atomic E-state index is 12.1. The highest BCUT2D eigenvalue weighted by Crippen LogP contribution is 2.21. The minimum absolute atomic E-state index is 0.0329. The van der Waals surface area contributed by atoms with E-state index in [2.05, 4.69) is 5.32 Å². The van der Waals surface area contributed by atoms with Crippen molar-refractivity contribution in [2.45, 2.75) is 44.6 Å². The van der Waals surface area contributed by atoms with Gasteiger partial charge in [-0.3, -0.25) is 14.4 Å². The van der Waals surface area contributed by atoms with E-state index < -0.39 is 23.3 Å². The molecule has 1 aromatic rings. The molecule has 1 atom stereocenters. The molecule has 0 radical (unpaired) electrons. The molecule has 0 aliphatic heterocycles. The molecule has 5 N–H and O–H groups in total. The Morgan fingerprint density at radius 3 is 2.57 bits per heavy atom. The van der Waals surface area contributed by atoms with Gasteiger partial charge in [-0.05, 0) is 31.1 Å². The molecule has 0 aromatic carbocycles. The van der Waals surface area contributed by atoms with Crippen molar-refractivity contribution in [1.29, 1.82) is 0 Å². The normalized spacial score (nSPS) is 13.6. The van der Waals surface area contributed by atoms with Crippen LogP contribution >= 0.6 is 0 Å². The molecule has 0 aliphatic rings. The van der Waals surface area contributed by atoms with Gasteiger partial charge in [-0.15, -0.1) is 0 Å². The van der Waals surface area contributed by atoms with Crippen LogP contribution in [-0.2, 0) is 14.4 Å². The third kappa shape index (κ3) is 5.98. The van der Waals surface area contributed by atoms with Gasteiger partial charge in [0.05, 0.1) is 6.26 Å². The van der Waals surface area contributed by atoms with E-state index in [1.807, 2.05) is 6.92 Å². The van der Waals surface area contributed by atoms with Crippen molar-refractivity contribution in [2.24, 2.45) is 11.5 Å². The summed E-state index contributed by atoms with van der Waals surface area (Å²) < 4.78 is 5.09. The van der Waals surface area contributed by atoms with Gasteiger partial charge < -0.3 is 21.2 Å². The molecular weight excluding hydrogens is 298 g/mol. The van der Waals surface area contributed by atoms with Crippen LogP contribution in [0.25, 0.3) is 6.08 Å². The third-order valence-corrected chi connectivity index (χ3v) is 3.53. The van der Waals surface area contributed by atoms with Crippen LogP contribution < -0.4 is 16.8 Å². The molecule has 126 valence electrons. The van der Waals surface area contributed by atoms with Crippen molar-refractivity contribution in [3.05, 3.63) is 30.2 Å². The fourth-order valence-electron chi connectivity index (χ4n) is 2.19. The Morgan fingerprint density at radius 2 is 2.04 bits per heavy atom. The predicted octanol–water partition coefficient (Wildman–Crippen LogP) is 1.09. The van der Waals surface area contributed by atoms with Crippen molar-refractivity contribution in [1.82, 2.24) is 5.32 Å². The van der Waals surface area contributed by atoms with Crippen LogP contribution in [0.4, 0.5) is 0 Å². The molecule has 0 spiro atoms.